The second-order valence-electron chi connectivity index (χ2n) is 9.09. The Morgan fingerprint density at radius 3 is 2.52 bits per heavy atom. The fraction of sp³-hybridized carbons (Fsp3) is 0.407. The Hall–Kier alpha value is -3.06. The maximum atomic E-state index is 13.3. The first-order valence-corrected chi connectivity index (χ1v) is 11.1. The van der Waals surface area contributed by atoms with Crippen molar-refractivity contribution < 1.29 is 14.3 Å². The van der Waals surface area contributed by atoms with E-state index in [4.69, 9.17) is 11.2 Å². The number of carbonyl (C=O) groups excluding carboxylic acids is 2. The molecule has 160 valence electrons. The lowest BCUT2D eigenvalue weighted by atomic mass is 9.66. The lowest BCUT2D eigenvalue weighted by Crippen LogP contribution is -2.45. The average molecular weight is 416 g/mol. The van der Waals surface area contributed by atoms with Gasteiger partial charge < -0.3 is 4.74 Å². The van der Waals surface area contributed by atoms with E-state index >= 15 is 0 Å². The molecule has 4 heteroatoms. The summed E-state index contributed by atoms with van der Waals surface area (Å²) < 4.78 is 6.07. The van der Waals surface area contributed by atoms with Gasteiger partial charge in [0.25, 0.3) is 5.91 Å². The van der Waals surface area contributed by atoms with Crippen LogP contribution in [0.3, 0.4) is 0 Å². The van der Waals surface area contributed by atoms with Crippen LogP contribution >= 0.6 is 0 Å². The molecule has 4 rings (SSSR count). The SMILES string of the molecule is C#CC[C@H]1c2ccccc2C(=O)N1C(=O)O[C@H]1CCCC[C@@H]1C(C)(C)c1ccccc1. The third-order valence-corrected chi connectivity index (χ3v) is 6.99. The standard InChI is InChI=1S/C27H29NO3/c1-4-12-23-20-15-8-9-16-21(20)25(29)28(23)26(30)31-24-18-11-10-17-22(24)27(2,3)19-13-6-5-7-14-19/h1,5-9,13-16,22-24H,10-12,17-18H2,2-3H3/t22-,23-,24-/m0/s1. The van der Waals surface area contributed by atoms with Crippen LogP contribution in [0.1, 0.15) is 73.5 Å². The number of amides is 2. The second kappa shape index (κ2) is 8.59. The van der Waals surface area contributed by atoms with E-state index in [1.165, 1.54) is 10.5 Å². The minimum Gasteiger partial charge on any atom is -0.445 e. The van der Waals surface area contributed by atoms with Crippen molar-refractivity contribution in [2.24, 2.45) is 5.92 Å². The van der Waals surface area contributed by atoms with Crippen LogP contribution < -0.4 is 0 Å². The predicted octanol–water partition coefficient (Wildman–Crippen LogP) is 5.88. The Bertz CT molecular complexity index is 1000. The van der Waals surface area contributed by atoms with Crippen LogP contribution in [0.5, 0.6) is 0 Å². The summed E-state index contributed by atoms with van der Waals surface area (Å²) in [6, 6.07) is 17.2. The number of nitrogens with zero attached hydrogens (tertiary/aromatic N) is 1. The van der Waals surface area contributed by atoms with Gasteiger partial charge in [-0.1, -0.05) is 68.8 Å². The van der Waals surface area contributed by atoms with Crippen LogP contribution in [0.15, 0.2) is 54.6 Å². The molecule has 4 nitrogen and oxygen atoms in total. The van der Waals surface area contributed by atoms with Gasteiger partial charge in [0.1, 0.15) is 6.10 Å². The molecule has 0 unspecified atom stereocenters. The molecule has 0 bridgehead atoms. The lowest BCUT2D eigenvalue weighted by Gasteiger charge is -2.42. The summed E-state index contributed by atoms with van der Waals surface area (Å²) in [6.45, 7) is 4.44. The van der Waals surface area contributed by atoms with Gasteiger partial charge in [0.15, 0.2) is 0 Å². The van der Waals surface area contributed by atoms with Gasteiger partial charge in [-0.05, 0) is 41.9 Å². The van der Waals surface area contributed by atoms with Gasteiger partial charge in [-0.3, -0.25) is 4.79 Å². The predicted molar refractivity (Wildman–Crippen MR) is 120 cm³/mol. The molecule has 1 saturated carbocycles. The molecule has 2 aromatic rings. The van der Waals surface area contributed by atoms with E-state index in [0.717, 1.165) is 31.2 Å². The van der Waals surface area contributed by atoms with E-state index in [2.05, 4.69) is 31.9 Å². The number of fused-ring (bicyclic) bond motifs is 1. The summed E-state index contributed by atoms with van der Waals surface area (Å²) in [5.41, 5.74) is 2.41. The van der Waals surface area contributed by atoms with Crippen molar-refractivity contribution >= 4 is 12.0 Å². The zero-order valence-corrected chi connectivity index (χ0v) is 18.2. The molecule has 0 spiro atoms. The van der Waals surface area contributed by atoms with Gasteiger partial charge in [-0.15, -0.1) is 12.3 Å². The van der Waals surface area contributed by atoms with Crippen LogP contribution in [0, 0.1) is 18.3 Å². The fourth-order valence-corrected chi connectivity index (χ4v) is 5.25. The lowest BCUT2D eigenvalue weighted by molar-refractivity contribution is -0.00760. The molecule has 1 aliphatic carbocycles. The molecule has 0 aromatic heterocycles. The molecular formula is C27H29NO3. The number of imide groups is 1. The Morgan fingerprint density at radius 1 is 1.10 bits per heavy atom. The molecule has 2 aliphatic rings. The largest absolute Gasteiger partial charge is 0.445 e. The van der Waals surface area contributed by atoms with Crippen LogP contribution in [0.25, 0.3) is 0 Å². The summed E-state index contributed by atoms with van der Waals surface area (Å²) in [6.07, 6.45) is 8.95. The van der Waals surface area contributed by atoms with Gasteiger partial charge in [-0.25, -0.2) is 9.69 Å². The van der Waals surface area contributed by atoms with Crippen molar-refractivity contribution in [3.63, 3.8) is 0 Å². The van der Waals surface area contributed by atoms with E-state index in [1.54, 1.807) is 12.1 Å². The van der Waals surface area contributed by atoms with Crippen molar-refractivity contribution in [2.75, 3.05) is 0 Å². The number of rotatable bonds is 4. The van der Waals surface area contributed by atoms with Gasteiger partial charge in [-0.2, -0.15) is 0 Å². The van der Waals surface area contributed by atoms with Crippen LogP contribution in [0.2, 0.25) is 0 Å². The molecule has 1 heterocycles. The first-order valence-electron chi connectivity index (χ1n) is 11.1. The summed E-state index contributed by atoms with van der Waals surface area (Å²) >= 11 is 0. The first-order chi connectivity index (χ1) is 14.9. The fourth-order valence-electron chi connectivity index (χ4n) is 5.25. The summed E-state index contributed by atoms with van der Waals surface area (Å²) in [7, 11) is 0. The highest BCUT2D eigenvalue weighted by atomic mass is 16.6. The number of terminal acetylenes is 1. The van der Waals surface area contributed by atoms with Crippen LogP contribution in [0.4, 0.5) is 4.79 Å². The second-order valence-corrected chi connectivity index (χ2v) is 9.09. The number of hydrogen-bond donors (Lipinski definition) is 0. The molecule has 31 heavy (non-hydrogen) atoms. The zero-order chi connectivity index (χ0) is 22.0. The summed E-state index contributed by atoms with van der Waals surface area (Å²) in [5, 5.41) is 0. The van der Waals surface area contributed by atoms with Crippen molar-refractivity contribution in [2.45, 2.75) is 63.5 Å². The van der Waals surface area contributed by atoms with Crippen molar-refractivity contribution in [1.82, 2.24) is 4.90 Å². The van der Waals surface area contributed by atoms with Gasteiger partial charge in [0.2, 0.25) is 0 Å². The monoisotopic (exact) mass is 415 g/mol. The molecule has 0 saturated heterocycles. The highest BCUT2D eigenvalue weighted by molar-refractivity contribution is 6.07. The third kappa shape index (κ3) is 3.85. The maximum absolute atomic E-state index is 13.3. The molecule has 2 amide bonds. The van der Waals surface area contributed by atoms with E-state index < -0.39 is 12.1 Å². The first kappa shape index (κ1) is 21.2. The number of benzene rings is 2. The smallest absolute Gasteiger partial charge is 0.417 e. The number of ether oxygens (including phenoxy) is 1. The normalized spacial score (nSPS) is 23.2. The Morgan fingerprint density at radius 2 is 1.77 bits per heavy atom. The Balaban J connectivity index is 1.58. The average Bonchev–Trinajstić information content (AvgIpc) is 3.07. The van der Waals surface area contributed by atoms with Crippen molar-refractivity contribution in [3.8, 4) is 12.3 Å². The maximum Gasteiger partial charge on any atom is 0.417 e. The number of hydrogen-bond acceptors (Lipinski definition) is 3. The summed E-state index contributed by atoms with van der Waals surface area (Å²) in [5.74, 6) is 2.47. The molecule has 0 N–H and O–H groups in total. The molecule has 0 radical (unpaired) electrons. The Labute approximate surface area is 184 Å². The molecule has 1 fully saturated rings. The highest BCUT2D eigenvalue weighted by Crippen LogP contribution is 2.43. The highest BCUT2D eigenvalue weighted by Gasteiger charge is 2.45. The zero-order valence-electron chi connectivity index (χ0n) is 18.2. The van der Waals surface area contributed by atoms with Gasteiger partial charge >= 0.3 is 6.09 Å². The topological polar surface area (TPSA) is 46.6 Å². The quantitative estimate of drug-likeness (QED) is 0.586. The minimum absolute atomic E-state index is 0.150. The van der Waals surface area contributed by atoms with Gasteiger partial charge in [0, 0.05) is 17.9 Å². The minimum atomic E-state index is -0.581. The summed E-state index contributed by atoms with van der Waals surface area (Å²) in [4.78, 5) is 27.6. The van der Waals surface area contributed by atoms with Crippen molar-refractivity contribution in [1.29, 1.82) is 0 Å². The van der Waals surface area contributed by atoms with Crippen LogP contribution in [-0.4, -0.2) is 23.0 Å². The number of carbonyl (C=O) groups is 2. The van der Waals surface area contributed by atoms with Crippen LogP contribution in [-0.2, 0) is 10.2 Å². The van der Waals surface area contributed by atoms with E-state index in [9.17, 15) is 9.59 Å². The molecule has 2 aromatic carbocycles. The molecule has 1 aliphatic heterocycles. The molecule has 3 atom stereocenters. The Kier molecular flexibility index (Phi) is 5.87. The van der Waals surface area contributed by atoms with Crippen molar-refractivity contribution in [3.05, 3.63) is 71.3 Å². The van der Waals surface area contributed by atoms with E-state index in [-0.39, 0.29) is 29.8 Å². The van der Waals surface area contributed by atoms with E-state index in [1.807, 2.05) is 30.3 Å². The van der Waals surface area contributed by atoms with E-state index in [0.29, 0.717) is 5.56 Å². The molecular weight excluding hydrogens is 386 g/mol. The van der Waals surface area contributed by atoms with Gasteiger partial charge in [0.05, 0.1) is 6.04 Å². The third-order valence-electron chi connectivity index (χ3n) is 6.99.